The number of nitrogens with one attached hydrogen (secondary N) is 2. The van der Waals surface area contributed by atoms with Crippen LogP contribution in [0.15, 0.2) is 35.6 Å². The van der Waals surface area contributed by atoms with Crippen LogP contribution in [0.5, 0.6) is 11.5 Å². The van der Waals surface area contributed by atoms with Crippen LogP contribution < -0.4 is 20.9 Å². The third-order valence-corrected chi connectivity index (χ3v) is 5.47. The average molecular weight is 461 g/mol. The lowest BCUT2D eigenvalue weighted by Gasteiger charge is -2.21. The molecule has 2 heterocycles. The molecular formula is C23H29FN4O5. The van der Waals surface area contributed by atoms with E-state index >= 15 is 0 Å². The molecule has 1 aliphatic heterocycles. The molecule has 0 bridgehead atoms. The van der Waals surface area contributed by atoms with E-state index in [4.69, 9.17) is 9.47 Å². The summed E-state index contributed by atoms with van der Waals surface area (Å²) in [6.45, 7) is 6.38. The molecule has 0 saturated heterocycles. The number of carbonyl (C=O) groups excluding carboxylic acids is 1. The molecule has 33 heavy (non-hydrogen) atoms. The first-order valence-electron chi connectivity index (χ1n) is 10.8. The maximum atomic E-state index is 13.7. The van der Waals surface area contributed by atoms with Crippen LogP contribution in [0.4, 0.5) is 4.39 Å². The Bertz CT molecular complexity index is 1070. The van der Waals surface area contributed by atoms with Crippen molar-refractivity contribution in [2.24, 2.45) is 0 Å². The molecule has 10 heteroatoms. The van der Waals surface area contributed by atoms with Gasteiger partial charge in [0.05, 0.1) is 31.9 Å². The number of hydrogen-bond donors (Lipinski definition) is 3. The number of amides is 1. The number of nitrogens with zero attached hydrogens (tertiary/aromatic N) is 2. The van der Waals surface area contributed by atoms with Gasteiger partial charge < -0.3 is 25.2 Å². The summed E-state index contributed by atoms with van der Waals surface area (Å²) in [7, 11) is 1.70. The van der Waals surface area contributed by atoms with Gasteiger partial charge in [0, 0.05) is 18.2 Å². The number of hydrogen-bond acceptors (Lipinski definition) is 7. The molecule has 0 spiro atoms. The SMILES string of the molecule is C=CCCOc1cc(F)ccc1CNC(=O)c1nc2n(c(=O)c1O)C(CC)COCC2NC. The van der Waals surface area contributed by atoms with Crippen molar-refractivity contribution < 1.29 is 23.8 Å². The Morgan fingerprint density at radius 1 is 1.45 bits per heavy atom. The Labute approximate surface area is 191 Å². The van der Waals surface area contributed by atoms with E-state index in [9.17, 15) is 19.1 Å². The van der Waals surface area contributed by atoms with Crippen LogP contribution in [0.1, 0.15) is 53.7 Å². The van der Waals surface area contributed by atoms with E-state index in [0.29, 0.717) is 37.4 Å². The van der Waals surface area contributed by atoms with E-state index in [1.807, 2.05) is 6.92 Å². The van der Waals surface area contributed by atoms with Gasteiger partial charge in [0.1, 0.15) is 17.4 Å². The summed E-state index contributed by atoms with van der Waals surface area (Å²) in [5, 5.41) is 16.2. The fourth-order valence-electron chi connectivity index (χ4n) is 3.60. The summed E-state index contributed by atoms with van der Waals surface area (Å²) in [5.74, 6) is -1.32. The van der Waals surface area contributed by atoms with E-state index < -0.39 is 29.1 Å². The molecule has 1 aromatic heterocycles. The minimum absolute atomic E-state index is 0.0156. The number of aromatic nitrogens is 2. The van der Waals surface area contributed by atoms with Crippen LogP contribution in [-0.2, 0) is 11.3 Å². The highest BCUT2D eigenvalue weighted by Gasteiger charge is 2.30. The summed E-state index contributed by atoms with van der Waals surface area (Å²) in [6, 6.07) is 3.25. The van der Waals surface area contributed by atoms with E-state index in [0.717, 1.165) is 0 Å². The van der Waals surface area contributed by atoms with Crippen LogP contribution in [-0.4, -0.2) is 47.4 Å². The lowest BCUT2D eigenvalue weighted by Crippen LogP contribution is -2.36. The maximum Gasteiger partial charge on any atom is 0.296 e. The van der Waals surface area contributed by atoms with Gasteiger partial charge in [-0.3, -0.25) is 14.2 Å². The number of carbonyl (C=O) groups is 1. The van der Waals surface area contributed by atoms with Crippen molar-refractivity contribution in [1.29, 1.82) is 0 Å². The predicted molar refractivity (Wildman–Crippen MR) is 120 cm³/mol. The second kappa shape index (κ2) is 11.1. The summed E-state index contributed by atoms with van der Waals surface area (Å²) in [4.78, 5) is 30.2. The molecule has 2 atom stereocenters. The lowest BCUT2D eigenvalue weighted by molar-refractivity contribution is 0.0941. The molecule has 9 nitrogen and oxygen atoms in total. The molecule has 0 radical (unpaired) electrons. The smallest absolute Gasteiger partial charge is 0.296 e. The van der Waals surface area contributed by atoms with Crippen molar-refractivity contribution >= 4 is 5.91 Å². The Kier molecular flexibility index (Phi) is 8.18. The number of benzene rings is 1. The van der Waals surface area contributed by atoms with Crippen LogP contribution in [0.3, 0.4) is 0 Å². The van der Waals surface area contributed by atoms with E-state index in [-0.39, 0.29) is 30.6 Å². The summed E-state index contributed by atoms with van der Waals surface area (Å²) >= 11 is 0. The monoisotopic (exact) mass is 460 g/mol. The molecule has 3 rings (SSSR count). The number of halogens is 1. The standard InChI is InChI=1S/C23H29FN4O5/c1-4-6-9-33-18-10-15(24)8-7-14(18)11-26-22(30)19-20(29)23(31)28-16(5-2)12-32-13-17(25-3)21(28)27-19/h4,7-8,10,16-17,25,29H,1,5-6,9,11-13H2,2-3H3,(H,26,30). The first-order chi connectivity index (χ1) is 15.9. The van der Waals surface area contributed by atoms with Gasteiger partial charge in [-0.2, -0.15) is 0 Å². The molecular weight excluding hydrogens is 431 g/mol. The highest BCUT2D eigenvalue weighted by Crippen LogP contribution is 2.25. The zero-order valence-corrected chi connectivity index (χ0v) is 18.8. The number of ether oxygens (including phenoxy) is 2. The normalized spacial score (nSPS) is 17.7. The molecule has 1 aliphatic rings. The topological polar surface area (TPSA) is 115 Å². The van der Waals surface area contributed by atoms with Crippen molar-refractivity contribution in [3.8, 4) is 11.5 Å². The van der Waals surface area contributed by atoms with Crippen LogP contribution in [0, 0.1) is 5.82 Å². The van der Waals surface area contributed by atoms with Gasteiger partial charge in [0.15, 0.2) is 5.69 Å². The molecule has 178 valence electrons. The second-order valence-electron chi connectivity index (χ2n) is 7.64. The van der Waals surface area contributed by atoms with E-state index in [2.05, 4.69) is 22.2 Å². The summed E-state index contributed by atoms with van der Waals surface area (Å²) < 4.78 is 26.3. The van der Waals surface area contributed by atoms with Gasteiger partial charge in [-0.05, 0) is 26.0 Å². The van der Waals surface area contributed by atoms with Crippen LogP contribution in [0.2, 0.25) is 0 Å². The Balaban J connectivity index is 1.88. The number of aromatic hydroxyl groups is 1. The first kappa shape index (κ1) is 24.4. The zero-order valence-electron chi connectivity index (χ0n) is 18.8. The second-order valence-corrected chi connectivity index (χ2v) is 7.64. The van der Waals surface area contributed by atoms with Gasteiger partial charge in [-0.25, -0.2) is 9.37 Å². The molecule has 1 aromatic carbocycles. The Morgan fingerprint density at radius 3 is 2.94 bits per heavy atom. The fourth-order valence-corrected chi connectivity index (χ4v) is 3.60. The number of likely N-dealkylation sites (N-methyl/N-ethyl adjacent to an activating group) is 1. The molecule has 2 unspecified atom stereocenters. The van der Waals surface area contributed by atoms with Crippen molar-refractivity contribution in [2.75, 3.05) is 26.9 Å². The summed E-state index contributed by atoms with van der Waals surface area (Å²) in [6.07, 6.45) is 2.85. The van der Waals surface area contributed by atoms with Crippen LogP contribution >= 0.6 is 0 Å². The van der Waals surface area contributed by atoms with Crippen molar-refractivity contribution in [1.82, 2.24) is 20.2 Å². The quantitative estimate of drug-likeness (QED) is 0.388. The molecule has 0 saturated carbocycles. The Hall–Kier alpha value is -3.24. The fraction of sp³-hybridized carbons (Fsp3) is 0.435. The van der Waals surface area contributed by atoms with Gasteiger partial charge in [0.2, 0.25) is 5.75 Å². The van der Waals surface area contributed by atoms with Crippen molar-refractivity contribution in [3.05, 3.63) is 64.1 Å². The highest BCUT2D eigenvalue weighted by molar-refractivity contribution is 5.94. The molecule has 2 aromatic rings. The summed E-state index contributed by atoms with van der Waals surface area (Å²) in [5.41, 5.74) is -0.537. The minimum Gasteiger partial charge on any atom is -0.501 e. The molecule has 0 aliphatic carbocycles. The van der Waals surface area contributed by atoms with E-state index in [1.54, 1.807) is 13.1 Å². The van der Waals surface area contributed by atoms with Crippen LogP contribution in [0.25, 0.3) is 0 Å². The molecule has 0 fully saturated rings. The van der Waals surface area contributed by atoms with Gasteiger partial charge in [-0.1, -0.05) is 19.1 Å². The average Bonchev–Trinajstić information content (AvgIpc) is 2.99. The minimum atomic E-state index is -0.734. The molecule has 1 amide bonds. The third kappa shape index (κ3) is 5.40. The first-order valence-corrected chi connectivity index (χ1v) is 10.8. The van der Waals surface area contributed by atoms with Gasteiger partial charge in [0.25, 0.3) is 11.5 Å². The number of rotatable bonds is 9. The van der Waals surface area contributed by atoms with Gasteiger partial charge in [-0.15, -0.1) is 6.58 Å². The number of fused-ring (bicyclic) bond motifs is 1. The van der Waals surface area contributed by atoms with Crippen molar-refractivity contribution in [2.45, 2.75) is 38.4 Å². The predicted octanol–water partition coefficient (Wildman–Crippen LogP) is 2.21. The third-order valence-electron chi connectivity index (χ3n) is 5.47. The van der Waals surface area contributed by atoms with Gasteiger partial charge >= 0.3 is 0 Å². The zero-order chi connectivity index (χ0) is 24.0. The highest BCUT2D eigenvalue weighted by atomic mass is 19.1. The lowest BCUT2D eigenvalue weighted by atomic mass is 10.1. The maximum absolute atomic E-state index is 13.7. The van der Waals surface area contributed by atoms with Crippen molar-refractivity contribution in [3.63, 3.8) is 0 Å². The van der Waals surface area contributed by atoms with E-state index in [1.165, 1.54) is 22.8 Å². The largest absolute Gasteiger partial charge is 0.501 e. The Morgan fingerprint density at radius 2 is 2.24 bits per heavy atom. The molecule has 3 N–H and O–H groups in total.